The van der Waals surface area contributed by atoms with E-state index in [-0.39, 0.29) is 5.75 Å². The van der Waals surface area contributed by atoms with Crippen molar-refractivity contribution in [1.29, 1.82) is 0 Å². The third-order valence-corrected chi connectivity index (χ3v) is 7.37. The van der Waals surface area contributed by atoms with Gasteiger partial charge in [0.05, 0.1) is 12.6 Å². The molecule has 1 heterocycles. The first kappa shape index (κ1) is 28.9. The van der Waals surface area contributed by atoms with Crippen LogP contribution in [-0.4, -0.2) is 36.7 Å². The lowest BCUT2D eigenvalue weighted by Crippen LogP contribution is -2.41. The number of unbranched alkanes of at least 4 members (excludes halogenated alkanes) is 1. The number of hydrogen-bond donors (Lipinski definition) is 1. The molecule has 0 bridgehead atoms. The number of ether oxygens (including phenoxy) is 2. The van der Waals surface area contributed by atoms with Crippen LogP contribution in [0, 0.1) is 6.92 Å². The quantitative estimate of drug-likeness (QED) is 0.250. The number of nitrogens with zero attached hydrogens (tertiary/aromatic N) is 2. The molecule has 12 heteroatoms. The van der Waals surface area contributed by atoms with E-state index in [1.165, 1.54) is 12.1 Å². The van der Waals surface area contributed by atoms with Gasteiger partial charge >= 0.3 is 21.6 Å². The number of aryl methyl sites for hydroxylation is 2. The number of carbonyl (C=O) groups excluding carboxylic acids is 1. The molecule has 0 fully saturated rings. The second-order valence-corrected chi connectivity index (χ2v) is 10.8. The van der Waals surface area contributed by atoms with Crippen molar-refractivity contribution in [2.24, 2.45) is 0 Å². The minimum absolute atomic E-state index is 0.104. The summed E-state index contributed by atoms with van der Waals surface area (Å²) < 4.78 is 73.9. The molecule has 0 spiro atoms. The van der Waals surface area contributed by atoms with Crippen molar-refractivity contribution >= 4 is 27.1 Å². The summed E-state index contributed by atoms with van der Waals surface area (Å²) in [5.41, 5.74) is -0.844. The number of para-hydroxylation sites is 1. The highest BCUT2D eigenvalue weighted by atomic mass is 32.2. The second-order valence-electron chi connectivity index (χ2n) is 9.13. The summed E-state index contributed by atoms with van der Waals surface area (Å²) in [7, 11) is -4.27. The zero-order valence-corrected chi connectivity index (χ0v) is 22.9. The molecule has 0 radical (unpaired) electrons. The molecule has 4 rings (SSSR count). The maximum absolute atomic E-state index is 12.6. The lowest BCUT2D eigenvalue weighted by atomic mass is 10.0. The lowest BCUT2D eigenvalue weighted by Gasteiger charge is -2.14. The first-order valence-electron chi connectivity index (χ1n) is 12.5. The Morgan fingerprint density at radius 2 is 1.73 bits per heavy atom. The van der Waals surface area contributed by atoms with E-state index in [9.17, 15) is 26.4 Å². The average Bonchev–Trinajstić information content (AvgIpc) is 3.26. The maximum atomic E-state index is 12.6. The van der Waals surface area contributed by atoms with Crippen LogP contribution in [0.1, 0.15) is 36.7 Å². The number of rotatable bonds is 9. The van der Waals surface area contributed by atoms with Crippen molar-refractivity contribution in [1.82, 2.24) is 14.3 Å². The van der Waals surface area contributed by atoms with E-state index in [1.807, 2.05) is 31.2 Å². The molecule has 1 aromatic heterocycles. The molecule has 0 saturated carbocycles. The third-order valence-electron chi connectivity index (χ3n) is 6.33. The van der Waals surface area contributed by atoms with Crippen LogP contribution >= 0.6 is 0 Å². The van der Waals surface area contributed by atoms with E-state index in [1.54, 1.807) is 31.4 Å². The summed E-state index contributed by atoms with van der Waals surface area (Å²) >= 11 is 0. The van der Waals surface area contributed by atoms with Gasteiger partial charge in [-0.25, -0.2) is 14.5 Å². The van der Waals surface area contributed by atoms with Gasteiger partial charge in [0.2, 0.25) is 0 Å². The number of halogens is 3. The van der Waals surface area contributed by atoms with Crippen LogP contribution in [0.4, 0.5) is 18.0 Å². The summed E-state index contributed by atoms with van der Waals surface area (Å²) in [6, 6.07) is 17.4. The normalized spacial score (nSPS) is 11.9. The number of alkyl halides is 3. The number of benzene rings is 3. The molecule has 0 aliphatic carbocycles. The van der Waals surface area contributed by atoms with Crippen LogP contribution in [0.3, 0.4) is 0 Å². The van der Waals surface area contributed by atoms with Gasteiger partial charge in [-0.3, -0.25) is 0 Å². The van der Waals surface area contributed by atoms with Gasteiger partial charge in [-0.05, 0) is 42.2 Å². The van der Waals surface area contributed by atoms with Gasteiger partial charge in [0.15, 0.2) is 0 Å². The van der Waals surface area contributed by atoms with Crippen molar-refractivity contribution in [3.63, 3.8) is 0 Å². The van der Waals surface area contributed by atoms with Crippen molar-refractivity contribution < 1.29 is 35.9 Å². The Labute approximate surface area is 229 Å². The van der Waals surface area contributed by atoms with E-state index in [4.69, 9.17) is 14.5 Å². The Hall–Kier alpha value is -4.06. The van der Waals surface area contributed by atoms with Crippen LogP contribution < -0.4 is 14.2 Å². The fraction of sp³-hybridized carbons (Fsp3) is 0.286. The number of sulfonamides is 1. The van der Waals surface area contributed by atoms with E-state index in [0.717, 1.165) is 57.7 Å². The SMILES string of the molecule is CCCCc1nc2c(C)ccc(OC)c2n1Cc1ccc(-c2ccccc2OC(=O)NS(=O)(=O)C(F)(F)F)cc1. The van der Waals surface area contributed by atoms with Gasteiger partial charge in [-0.1, -0.05) is 61.9 Å². The molecule has 1 N–H and O–H groups in total. The zero-order chi connectivity index (χ0) is 29.1. The standard InChI is InChI=1S/C28H28F3N3O5S/c1-4-5-10-24-32-25-18(2)11-16-23(38-3)26(25)34(24)17-19-12-14-20(15-13-19)21-8-6-7-9-22(21)39-27(35)33-40(36,37)28(29,30)31/h6-9,11-16H,4-5,10,17H2,1-3H3,(H,33,35). The molecular weight excluding hydrogens is 547 g/mol. The Kier molecular flexibility index (Phi) is 8.38. The molecule has 0 unspecified atom stereocenters. The minimum atomic E-state index is -5.90. The molecule has 40 heavy (non-hydrogen) atoms. The van der Waals surface area contributed by atoms with Crippen LogP contribution in [0.25, 0.3) is 22.2 Å². The van der Waals surface area contributed by atoms with Gasteiger partial charge in [-0.15, -0.1) is 0 Å². The Morgan fingerprint density at radius 1 is 1.02 bits per heavy atom. The Balaban J connectivity index is 1.62. The maximum Gasteiger partial charge on any atom is 0.516 e. The van der Waals surface area contributed by atoms with Crippen LogP contribution in [0.5, 0.6) is 11.5 Å². The third kappa shape index (κ3) is 6.06. The molecule has 212 valence electrons. The smallest absolute Gasteiger partial charge is 0.494 e. The number of hydrogen-bond acceptors (Lipinski definition) is 6. The van der Waals surface area contributed by atoms with E-state index in [2.05, 4.69) is 11.5 Å². The minimum Gasteiger partial charge on any atom is -0.494 e. The predicted molar refractivity (Wildman–Crippen MR) is 145 cm³/mol. The molecular formula is C28H28F3N3O5S. The molecule has 0 aliphatic rings. The number of carbonyl (C=O) groups is 1. The monoisotopic (exact) mass is 575 g/mol. The van der Waals surface area contributed by atoms with Crippen molar-refractivity contribution in [3.8, 4) is 22.6 Å². The Morgan fingerprint density at radius 3 is 2.38 bits per heavy atom. The second kappa shape index (κ2) is 11.6. The van der Waals surface area contributed by atoms with Crippen LogP contribution in [0.2, 0.25) is 0 Å². The molecule has 8 nitrogen and oxygen atoms in total. The van der Waals surface area contributed by atoms with E-state index >= 15 is 0 Å². The largest absolute Gasteiger partial charge is 0.516 e. The molecule has 4 aromatic rings. The summed E-state index contributed by atoms with van der Waals surface area (Å²) in [4.78, 5) is 16.9. The predicted octanol–water partition coefficient (Wildman–Crippen LogP) is 6.35. The first-order chi connectivity index (χ1) is 18.9. The number of amides is 1. The van der Waals surface area contributed by atoms with Crippen molar-refractivity contribution in [2.45, 2.75) is 45.2 Å². The summed E-state index contributed by atoms with van der Waals surface area (Å²) in [5, 5.41) is 0. The number of imidazole rings is 1. The molecule has 0 saturated heterocycles. The Bertz CT molecular complexity index is 1630. The highest BCUT2D eigenvalue weighted by molar-refractivity contribution is 7.90. The van der Waals surface area contributed by atoms with Gasteiger partial charge in [0.1, 0.15) is 22.8 Å². The van der Waals surface area contributed by atoms with Crippen LogP contribution in [0.15, 0.2) is 60.7 Å². The van der Waals surface area contributed by atoms with E-state index in [0.29, 0.717) is 17.7 Å². The fourth-order valence-electron chi connectivity index (χ4n) is 4.30. The molecule has 1 amide bonds. The van der Waals surface area contributed by atoms with Crippen molar-refractivity contribution in [2.75, 3.05) is 7.11 Å². The number of nitrogens with one attached hydrogen (secondary N) is 1. The topological polar surface area (TPSA) is 99.5 Å². The van der Waals surface area contributed by atoms with Crippen molar-refractivity contribution in [3.05, 3.63) is 77.6 Å². The number of aromatic nitrogens is 2. The fourth-order valence-corrected chi connectivity index (χ4v) is 4.67. The summed E-state index contributed by atoms with van der Waals surface area (Å²) in [6.07, 6.45) is 1.05. The van der Waals surface area contributed by atoms with Gasteiger partial charge < -0.3 is 14.0 Å². The highest BCUT2D eigenvalue weighted by Crippen LogP contribution is 2.33. The molecule has 0 atom stereocenters. The summed E-state index contributed by atoms with van der Waals surface area (Å²) in [6.45, 7) is 4.65. The van der Waals surface area contributed by atoms with Crippen LogP contribution in [-0.2, 0) is 23.0 Å². The van der Waals surface area contributed by atoms with Gasteiger partial charge in [-0.2, -0.15) is 21.6 Å². The van der Waals surface area contributed by atoms with Gasteiger partial charge in [0.25, 0.3) is 0 Å². The van der Waals surface area contributed by atoms with E-state index < -0.39 is 21.6 Å². The highest BCUT2D eigenvalue weighted by Gasteiger charge is 2.47. The lowest BCUT2D eigenvalue weighted by molar-refractivity contribution is -0.0446. The zero-order valence-electron chi connectivity index (χ0n) is 22.1. The number of methoxy groups -OCH3 is 1. The average molecular weight is 576 g/mol. The summed E-state index contributed by atoms with van der Waals surface area (Å²) in [5.74, 6) is 1.57. The van der Waals surface area contributed by atoms with Gasteiger partial charge in [0, 0.05) is 18.5 Å². The molecule has 3 aromatic carbocycles. The first-order valence-corrected chi connectivity index (χ1v) is 14.0. The molecule has 0 aliphatic heterocycles. The number of fused-ring (bicyclic) bond motifs is 1.